The molecule has 0 aromatic heterocycles. The Labute approximate surface area is 158 Å². The van der Waals surface area contributed by atoms with E-state index >= 15 is 0 Å². The van der Waals surface area contributed by atoms with Crippen LogP contribution in [0.5, 0.6) is 0 Å². The van der Waals surface area contributed by atoms with Crippen LogP contribution in [0.4, 0.5) is 0 Å². The number of benzene rings is 1. The smallest absolute Gasteiger partial charge is 0.254 e. The van der Waals surface area contributed by atoms with Gasteiger partial charge in [-0.1, -0.05) is 15.9 Å². The predicted octanol–water partition coefficient (Wildman–Crippen LogP) is 2.38. The molecule has 1 aromatic rings. The molecule has 3 rings (SSSR count). The number of likely N-dealkylation sites (N-methyl/N-ethyl adjacent to an activating group) is 1. The minimum Gasteiger partial charge on any atom is -0.340 e. The molecule has 0 bridgehead atoms. The first-order valence-electron chi connectivity index (χ1n) is 8.98. The molecule has 136 valence electrons. The van der Waals surface area contributed by atoms with Crippen LogP contribution in [0.15, 0.2) is 22.7 Å². The summed E-state index contributed by atoms with van der Waals surface area (Å²) in [6.45, 7) is 6.84. The van der Waals surface area contributed by atoms with Gasteiger partial charge in [0.25, 0.3) is 5.91 Å². The third-order valence-corrected chi connectivity index (χ3v) is 5.86. The van der Waals surface area contributed by atoms with E-state index in [1.54, 1.807) is 0 Å². The number of piperazine rings is 1. The summed E-state index contributed by atoms with van der Waals surface area (Å²) in [4.78, 5) is 31.6. The van der Waals surface area contributed by atoms with Gasteiger partial charge in [0.1, 0.15) is 0 Å². The van der Waals surface area contributed by atoms with Crippen LogP contribution in [0.2, 0.25) is 0 Å². The monoisotopic (exact) mass is 407 g/mol. The van der Waals surface area contributed by atoms with Gasteiger partial charge in [0.2, 0.25) is 5.91 Å². The summed E-state index contributed by atoms with van der Waals surface area (Å²) in [5.41, 5.74) is 1.74. The fraction of sp³-hybridized carbons (Fsp3) is 0.579. The number of carbonyl (C=O) groups is 2. The van der Waals surface area contributed by atoms with Gasteiger partial charge in [-0.3, -0.25) is 9.59 Å². The van der Waals surface area contributed by atoms with Gasteiger partial charge in [0.05, 0.1) is 0 Å². The van der Waals surface area contributed by atoms with E-state index in [1.165, 1.54) is 0 Å². The summed E-state index contributed by atoms with van der Waals surface area (Å²) in [6, 6.07) is 5.75. The SMILES string of the molecule is Cc1cc(Br)ccc1C(=O)N1CCC(C(=O)N2CCN(C)CC2)CC1. The van der Waals surface area contributed by atoms with Gasteiger partial charge < -0.3 is 14.7 Å². The number of carbonyl (C=O) groups excluding carboxylic acids is 2. The molecule has 2 aliphatic heterocycles. The summed E-state index contributed by atoms with van der Waals surface area (Å²) in [5, 5.41) is 0. The summed E-state index contributed by atoms with van der Waals surface area (Å²) in [6.07, 6.45) is 1.54. The molecular weight excluding hydrogens is 382 g/mol. The Bertz CT molecular complexity index is 648. The third kappa shape index (κ3) is 4.23. The average molecular weight is 408 g/mol. The molecule has 1 aromatic carbocycles. The highest BCUT2D eigenvalue weighted by Crippen LogP contribution is 2.23. The highest BCUT2D eigenvalue weighted by molar-refractivity contribution is 9.10. The second-order valence-corrected chi connectivity index (χ2v) is 8.07. The van der Waals surface area contributed by atoms with Crippen molar-refractivity contribution in [3.63, 3.8) is 0 Å². The third-order valence-electron chi connectivity index (χ3n) is 5.37. The Balaban J connectivity index is 1.56. The molecular formula is C19H26BrN3O2. The van der Waals surface area contributed by atoms with Gasteiger partial charge in [0, 0.05) is 55.2 Å². The second-order valence-electron chi connectivity index (χ2n) is 7.15. The topological polar surface area (TPSA) is 43.9 Å². The van der Waals surface area contributed by atoms with Gasteiger partial charge in [-0.15, -0.1) is 0 Å². The van der Waals surface area contributed by atoms with Crippen LogP contribution in [-0.2, 0) is 4.79 Å². The zero-order chi connectivity index (χ0) is 18.0. The number of hydrogen-bond donors (Lipinski definition) is 0. The number of hydrogen-bond acceptors (Lipinski definition) is 3. The van der Waals surface area contributed by atoms with Crippen molar-refractivity contribution in [2.45, 2.75) is 19.8 Å². The van der Waals surface area contributed by atoms with Crippen LogP contribution in [-0.4, -0.2) is 72.8 Å². The first-order valence-corrected chi connectivity index (χ1v) is 9.78. The molecule has 0 unspecified atom stereocenters. The molecule has 0 spiro atoms. The summed E-state index contributed by atoms with van der Waals surface area (Å²) in [7, 11) is 2.09. The number of amides is 2. The van der Waals surface area contributed by atoms with Gasteiger partial charge in [-0.2, -0.15) is 0 Å². The normalized spacial score (nSPS) is 20.0. The predicted molar refractivity (Wildman–Crippen MR) is 102 cm³/mol. The molecule has 25 heavy (non-hydrogen) atoms. The van der Waals surface area contributed by atoms with Crippen molar-refractivity contribution in [2.24, 2.45) is 5.92 Å². The maximum absolute atomic E-state index is 12.8. The Hall–Kier alpha value is -1.40. The molecule has 0 N–H and O–H groups in total. The Kier molecular flexibility index (Phi) is 5.79. The minimum atomic E-state index is 0.0680. The van der Waals surface area contributed by atoms with E-state index < -0.39 is 0 Å². The van der Waals surface area contributed by atoms with Crippen molar-refractivity contribution in [2.75, 3.05) is 46.3 Å². The van der Waals surface area contributed by atoms with Gasteiger partial charge >= 0.3 is 0 Å². The van der Waals surface area contributed by atoms with E-state index in [9.17, 15) is 9.59 Å². The van der Waals surface area contributed by atoms with Crippen LogP contribution in [0.1, 0.15) is 28.8 Å². The average Bonchev–Trinajstić information content (AvgIpc) is 2.61. The van der Waals surface area contributed by atoms with Crippen molar-refractivity contribution in [3.05, 3.63) is 33.8 Å². The van der Waals surface area contributed by atoms with Crippen LogP contribution in [0.3, 0.4) is 0 Å². The lowest BCUT2D eigenvalue weighted by Crippen LogP contribution is -2.51. The fourth-order valence-electron chi connectivity index (χ4n) is 3.65. The molecule has 0 aliphatic carbocycles. The van der Waals surface area contributed by atoms with Crippen LogP contribution >= 0.6 is 15.9 Å². The zero-order valence-corrected chi connectivity index (χ0v) is 16.6. The van der Waals surface area contributed by atoms with E-state index in [0.717, 1.165) is 54.6 Å². The lowest BCUT2D eigenvalue weighted by Gasteiger charge is -2.37. The molecule has 2 aliphatic rings. The van der Waals surface area contributed by atoms with Crippen LogP contribution in [0, 0.1) is 12.8 Å². The van der Waals surface area contributed by atoms with E-state index in [4.69, 9.17) is 0 Å². The maximum Gasteiger partial charge on any atom is 0.254 e. The van der Waals surface area contributed by atoms with Crippen LogP contribution in [0.25, 0.3) is 0 Å². The fourth-order valence-corrected chi connectivity index (χ4v) is 4.13. The van der Waals surface area contributed by atoms with E-state index in [1.807, 2.05) is 34.9 Å². The molecule has 2 amide bonds. The molecule has 2 fully saturated rings. The van der Waals surface area contributed by atoms with E-state index in [0.29, 0.717) is 13.1 Å². The van der Waals surface area contributed by atoms with Crippen LogP contribution < -0.4 is 0 Å². The molecule has 2 saturated heterocycles. The summed E-state index contributed by atoms with van der Waals surface area (Å²) >= 11 is 3.44. The number of nitrogens with zero attached hydrogens (tertiary/aromatic N) is 3. The second kappa shape index (κ2) is 7.87. The van der Waals surface area contributed by atoms with Gasteiger partial charge in [0.15, 0.2) is 0 Å². The first kappa shape index (κ1) is 18.4. The van der Waals surface area contributed by atoms with Crippen molar-refractivity contribution < 1.29 is 9.59 Å². The van der Waals surface area contributed by atoms with Crippen molar-refractivity contribution in [3.8, 4) is 0 Å². The highest BCUT2D eigenvalue weighted by Gasteiger charge is 2.31. The standard InChI is InChI=1S/C19H26BrN3O2/c1-14-13-16(20)3-4-17(14)19(25)22-7-5-15(6-8-22)18(24)23-11-9-21(2)10-12-23/h3-4,13,15H,5-12H2,1-2H3. The number of likely N-dealkylation sites (tertiary alicyclic amines) is 1. The molecule has 5 nitrogen and oxygen atoms in total. The summed E-state index contributed by atoms with van der Waals surface area (Å²) in [5.74, 6) is 0.425. The largest absolute Gasteiger partial charge is 0.340 e. The van der Waals surface area contributed by atoms with Crippen molar-refractivity contribution >= 4 is 27.7 Å². The Morgan fingerprint density at radius 1 is 1.00 bits per heavy atom. The van der Waals surface area contributed by atoms with Gasteiger partial charge in [-0.05, 0) is 50.6 Å². The number of aryl methyl sites for hydroxylation is 1. The minimum absolute atomic E-state index is 0.0680. The molecule has 0 radical (unpaired) electrons. The molecule has 6 heteroatoms. The number of rotatable bonds is 2. The maximum atomic E-state index is 12.8. The summed E-state index contributed by atoms with van der Waals surface area (Å²) < 4.78 is 0.984. The first-order chi connectivity index (χ1) is 12.0. The van der Waals surface area contributed by atoms with Crippen molar-refractivity contribution in [1.82, 2.24) is 14.7 Å². The van der Waals surface area contributed by atoms with Crippen molar-refractivity contribution in [1.29, 1.82) is 0 Å². The van der Waals surface area contributed by atoms with E-state index in [-0.39, 0.29) is 17.7 Å². The Morgan fingerprint density at radius 3 is 2.24 bits per heavy atom. The number of piperidine rings is 1. The molecule has 2 heterocycles. The lowest BCUT2D eigenvalue weighted by molar-refractivity contribution is -0.138. The lowest BCUT2D eigenvalue weighted by atomic mass is 9.94. The highest BCUT2D eigenvalue weighted by atomic mass is 79.9. The van der Waals surface area contributed by atoms with Gasteiger partial charge in [-0.25, -0.2) is 0 Å². The van der Waals surface area contributed by atoms with E-state index in [2.05, 4.69) is 27.9 Å². The zero-order valence-electron chi connectivity index (χ0n) is 15.0. The molecule has 0 atom stereocenters. The Morgan fingerprint density at radius 2 is 1.64 bits per heavy atom. The number of halogens is 1. The molecule has 0 saturated carbocycles. The quantitative estimate of drug-likeness (QED) is 0.755.